The van der Waals surface area contributed by atoms with E-state index in [0.29, 0.717) is 0 Å². The van der Waals surface area contributed by atoms with Crippen LogP contribution in [0, 0.1) is 0 Å². The predicted molar refractivity (Wildman–Crippen MR) is 62.4 cm³/mol. The van der Waals surface area contributed by atoms with Crippen molar-refractivity contribution in [3.05, 3.63) is 48.2 Å². The zero-order valence-electron chi connectivity index (χ0n) is 9.17. The molecule has 0 spiro atoms. The Bertz CT molecular complexity index is 193. The zero-order valence-corrected chi connectivity index (χ0v) is 9.17. The molecule has 0 aromatic rings. The Morgan fingerprint density at radius 1 is 1.23 bits per heavy atom. The van der Waals surface area contributed by atoms with Gasteiger partial charge in [0.15, 0.2) is 0 Å². The second-order valence-corrected chi connectivity index (χ2v) is 2.20. The van der Waals surface area contributed by atoms with Crippen LogP contribution in [-0.4, -0.2) is 0 Å². The Balaban J connectivity index is 0. The summed E-state index contributed by atoms with van der Waals surface area (Å²) in [6, 6.07) is 0. The second kappa shape index (κ2) is 10.8. The largest absolute Gasteiger partial charge is 0.405 e. The van der Waals surface area contributed by atoms with Gasteiger partial charge in [0, 0.05) is 0 Å². The first-order chi connectivity index (χ1) is 6.26. The predicted octanol–water partition coefficient (Wildman–Crippen LogP) is 3.56. The molecule has 2 N–H and O–H groups in total. The molecule has 0 unspecified atom stereocenters. The Morgan fingerprint density at radius 3 is 2.08 bits per heavy atom. The van der Waals surface area contributed by atoms with Gasteiger partial charge in [0.05, 0.1) is 0 Å². The third kappa shape index (κ3) is 7.13. The lowest BCUT2D eigenvalue weighted by molar-refractivity contribution is 1.43. The number of rotatable bonds is 3. The Kier molecular flexibility index (Phi) is 11.8. The lowest BCUT2D eigenvalue weighted by Crippen LogP contribution is -1.81. The van der Waals surface area contributed by atoms with Crippen molar-refractivity contribution in [3.63, 3.8) is 0 Å². The van der Waals surface area contributed by atoms with E-state index in [1.54, 1.807) is 0 Å². The molecule has 0 radical (unpaired) electrons. The molecule has 0 saturated heterocycles. The lowest BCUT2D eigenvalue weighted by atomic mass is 10.1. The molecule has 1 nitrogen and oxygen atoms in total. The average Bonchev–Trinajstić information content (AvgIpc) is 2.19. The van der Waals surface area contributed by atoms with E-state index in [0.717, 1.165) is 11.1 Å². The van der Waals surface area contributed by atoms with Crippen molar-refractivity contribution < 1.29 is 0 Å². The van der Waals surface area contributed by atoms with E-state index in [2.05, 4.69) is 6.58 Å². The molecule has 1 heteroatoms. The summed E-state index contributed by atoms with van der Waals surface area (Å²) in [7, 11) is 0. The summed E-state index contributed by atoms with van der Waals surface area (Å²) < 4.78 is 0. The lowest BCUT2D eigenvalue weighted by Gasteiger charge is -1.96. The van der Waals surface area contributed by atoms with Crippen molar-refractivity contribution in [3.8, 4) is 0 Å². The van der Waals surface area contributed by atoms with E-state index < -0.39 is 0 Å². The standard InChI is InChI=1S/C10H15N.C2H6/c1-4-6-10(7-8-11)9(3)5-2;1-2/h4-8H,2,11H2,1,3H3;1-2H3/b6-4-,8-7-,10-9+;. The molecule has 0 saturated carbocycles. The number of allylic oxidation sites excluding steroid dienone is 6. The summed E-state index contributed by atoms with van der Waals surface area (Å²) in [4.78, 5) is 0. The van der Waals surface area contributed by atoms with Crippen molar-refractivity contribution in [1.82, 2.24) is 0 Å². The van der Waals surface area contributed by atoms with Gasteiger partial charge in [-0.15, -0.1) is 0 Å². The molecule has 0 aliphatic carbocycles. The first-order valence-corrected chi connectivity index (χ1v) is 4.60. The maximum Gasteiger partial charge on any atom is -0.00563 e. The molecule has 0 aliphatic heterocycles. The molecule has 0 atom stereocenters. The van der Waals surface area contributed by atoms with Crippen molar-refractivity contribution in [2.45, 2.75) is 27.7 Å². The monoisotopic (exact) mass is 179 g/mol. The van der Waals surface area contributed by atoms with E-state index >= 15 is 0 Å². The number of nitrogens with two attached hydrogens (primary N) is 1. The highest BCUT2D eigenvalue weighted by molar-refractivity contribution is 5.38. The quantitative estimate of drug-likeness (QED) is 0.659. The molecular weight excluding hydrogens is 158 g/mol. The minimum atomic E-state index is 1.10. The first-order valence-electron chi connectivity index (χ1n) is 4.60. The molecule has 0 aromatic carbocycles. The smallest absolute Gasteiger partial charge is 0.00563 e. The maximum atomic E-state index is 5.27. The summed E-state index contributed by atoms with van der Waals surface area (Å²) in [5.41, 5.74) is 7.50. The fourth-order valence-electron chi connectivity index (χ4n) is 0.720. The average molecular weight is 179 g/mol. The molecule has 0 aliphatic rings. The van der Waals surface area contributed by atoms with Gasteiger partial charge in [0.25, 0.3) is 0 Å². The van der Waals surface area contributed by atoms with E-state index in [1.807, 2.05) is 52.0 Å². The van der Waals surface area contributed by atoms with Crippen LogP contribution in [0.25, 0.3) is 0 Å². The van der Waals surface area contributed by atoms with Crippen LogP contribution in [0.5, 0.6) is 0 Å². The van der Waals surface area contributed by atoms with Gasteiger partial charge in [0.1, 0.15) is 0 Å². The molecule has 0 aromatic heterocycles. The summed E-state index contributed by atoms with van der Waals surface area (Å²) in [5.74, 6) is 0. The van der Waals surface area contributed by atoms with Gasteiger partial charge >= 0.3 is 0 Å². The van der Waals surface area contributed by atoms with Gasteiger partial charge in [-0.25, -0.2) is 0 Å². The Morgan fingerprint density at radius 2 is 1.77 bits per heavy atom. The normalized spacial score (nSPS) is 12.3. The van der Waals surface area contributed by atoms with Gasteiger partial charge < -0.3 is 5.73 Å². The van der Waals surface area contributed by atoms with Crippen molar-refractivity contribution >= 4 is 0 Å². The van der Waals surface area contributed by atoms with Gasteiger partial charge in [-0.3, -0.25) is 0 Å². The van der Waals surface area contributed by atoms with E-state index in [-0.39, 0.29) is 0 Å². The third-order valence-corrected chi connectivity index (χ3v) is 1.38. The SMILES string of the molecule is C=C/C(C)=C(\C=C/C)/C=C\N.CC. The molecule has 74 valence electrons. The minimum absolute atomic E-state index is 1.10. The van der Waals surface area contributed by atoms with Crippen LogP contribution in [0.3, 0.4) is 0 Å². The van der Waals surface area contributed by atoms with Gasteiger partial charge in [0.2, 0.25) is 0 Å². The van der Waals surface area contributed by atoms with Crippen molar-refractivity contribution in [2.24, 2.45) is 5.73 Å². The molecule has 0 fully saturated rings. The van der Waals surface area contributed by atoms with Crippen LogP contribution in [0.1, 0.15) is 27.7 Å². The molecular formula is C12H21N. The van der Waals surface area contributed by atoms with Gasteiger partial charge in [-0.1, -0.05) is 38.7 Å². The second-order valence-electron chi connectivity index (χ2n) is 2.20. The third-order valence-electron chi connectivity index (χ3n) is 1.38. The molecule has 0 amide bonds. The van der Waals surface area contributed by atoms with Crippen LogP contribution in [0.2, 0.25) is 0 Å². The topological polar surface area (TPSA) is 26.0 Å². The van der Waals surface area contributed by atoms with Crippen molar-refractivity contribution in [2.75, 3.05) is 0 Å². The Labute approximate surface area is 82.3 Å². The number of hydrogen-bond donors (Lipinski definition) is 1. The fourth-order valence-corrected chi connectivity index (χ4v) is 0.720. The summed E-state index contributed by atoms with van der Waals surface area (Å²) in [5, 5.41) is 0. The van der Waals surface area contributed by atoms with Crippen LogP contribution >= 0.6 is 0 Å². The highest BCUT2D eigenvalue weighted by Gasteiger charge is 1.88. The first kappa shape index (κ1) is 14.3. The van der Waals surface area contributed by atoms with E-state index in [1.165, 1.54) is 6.20 Å². The number of hydrogen-bond acceptors (Lipinski definition) is 1. The summed E-state index contributed by atoms with van der Waals surface area (Å²) >= 11 is 0. The molecule has 0 rings (SSSR count). The Hall–Kier alpha value is -1.24. The molecule has 13 heavy (non-hydrogen) atoms. The maximum absolute atomic E-state index is 5.27. The van der Waals surface area contributed by atoms with Crippen molar-refractivity contribution in [1.29, 1.82) is 0 Å². The fraction of sp³-hybridized carbons (Fsp3) is 0.333. The zero-order chi connectivity index (χ0) is 10.7. The molecule has 0 heterocycles. The highest BCUT2D eigenvalue weighted by atomic mass is 14.5. The van der Waals surface area contributed by atoms with Gasteiger partial charge in [-0.2, -0.15) is 0 Å². The highest BCUT2D eigenvalue weighted by Crippen LogP contribution is 2.07. The van der Waals surface area contributed by atoms with Crippen LogP contribution in [0.15, 0.2) is 48.2 Å². The minimum Gasteiger partial charge on any atom is -0.405 e. The van der Waals surface area contributed by atoms with Gasteiger partial charge in [-0.05, 0) is 37.3 Å². The molecule has 0 bridgehead atoms. The summed E-state index contributed by atoms with van der Waals surface area (Å²) in [6.45, 7) is 11.7. The van der Waals surface area contributed by atoms with Crippen LogP contribution < -0.4 is 5.73 Å². The van der Waals surface area contributed by atoms with E-state index in [9.17, 15) is 0 Å². The van der Waals surface area contributed by atoms with Crippen LogP contribution in [-0.2, 0) is 0 Å². The summed E-state index contributed by atoms with van der Waals surface area (Å²) in [6.07, 6.45) is 9.18. The van der Waals surface area contributed by atoms with E-state index in [4.69, 9.17) is 5.73 Å². The van der Waals surface area contributed by atoms with Crippen LogP contribution in [0.4, 0.5) is 0 Å².